The zero-order valence-corrected chi connectivity index (χ0v) is 13.6. The van der Waals surface area contributed by atoms with Gasteiger partial charge in [0.1, 0.15) is 6.04 Å². The third kappa shape index (κ3) is 4.01. The quantitative estimate of drug-likeness (QED) is 0.773. The van der Waals surface area contributed by atoms with Crippen molar-refractivity contribution in [2.45, 2.75) is 19.9 Å². The van der Waals surface area contributed by atoms with E-state index in [1.165, 1.54) is 25.1 Å². The number of carbonyl (C=O) groups is 1. The molecule has 0 heterocycles. The first-order chi connectivity index (χ1) is 9.18. The number of ether oxygens (including phenoxy) is 1. The normalized spacial score (nSPS) is 12.8. The number of halogens is 2. The first-order valence-electron chi connectivity index (χ1n) is 5.79. The lowest BCUT2D eigenvalue weighted by molar-refractivity contribution is -0.144. The maximum absolute atomic E-state index is 12.0. The Kier molecular flexibility index (Phi) is 5.68. The van der Waals surface area contributed by atoms with Crippen LogP contribution in [-0.4, -0.2) is 33.3 Å². The van der Waals surface area contributed by atoms with E-state index >= 15 is 0 Å². The Morgan fingerprint density at radius 1 is 1.40 bits per heavy atom. The van der Waals surface area contributed by atoms with Crippen molar-refractivity contribution in [2.75, 3.05) is 17.2 Å². The molecule has 0 aliphatic heterocycles. The number of nitrogens with zero attached hydrogens (tertiary/aromatic N) is 1. The predicted octanol–water partition coefficient (Wildman–Crippen LogP) is 2.71. The van der Waals surface area contributed by atoms with Crippen LogP contribution in [-0.2, 0) is 19.6 Å². The number of hydrogen-bond donors (Lipinski definition) is 0. The Hall–Kier alpha value is -0.980. The van der Waals surface area contributed by atoms with Gasteiger partial charge in [0.15, 0.2) is 0 Å². The van der Waals surface area contributed by atoms with Gasteiger partial charge in [-0.15, -0.1) is 0 Å². The lowest BCUT2D eigenvalue weighted by Gasteiger charge is -2.28. The van der Waals surface area contributed by atoms with Gasteiger partial charge in [0.2, 0.25) is 10.0 Å². The van der Waals surface area contributed by atoms with Crippen molar-refractivity contribution in [3.05, 3.63) is 28.2 Å². The molecule has 0 aliphatic carbocycles. The van der Waals surface area contributed by atoms with Crippen molar-refractivity contribution in [3.8, 4) is 0 Å². The monoisotopic (exact) mass is 339 g/mol. The Bertz CT molecular complexity index is 603. The van der Waals surface area contributed by atoms with Crippen LogP contribution in [0.2, 0.25) is 10.0 Å². The molecule has 5 nitrogen and oxygen atoms in total. The molecule has 112 valence electrons. The van der Waals surface area contributed by atoms with Gasteiger partial charge in [-0.25, -0.2) is 13.2 Å². The Balaban J connectivity index is 3.34. The van der Waals surface area contributed by atoms with Crippen LogP contribution in [0.25, 0.3) is 0 Å². The number of hydrogen-bond acceptors (Lipinski definition) is 4. The highest BCUT2D eigenvalue weighted by Gasteiger charge is 2.31. The van der Waals surface area contributed by atoms with Crippen molar-refractivity contribution in [1.29, 1.82) is 0 Å². The molecule has 0 fully saturated rings. The highest BCUT2D eigenvalue weighted by Crippen LogP contribution is 2.32. The molecule has 0 bridgehead atoms. The van der Waals surface area contributed by atoms with Crippen molar-refractivity contribution in [2.24, 2.45) is 0 Å². The highest BCUT2D eigenvalue weighted by molar-refractivity contribution is 7.92. The molecule has 20 heavy (non-hydrogen) atoms. The molecule has 0 aliphatic rings. The van der Waals surface area contributed by atoms with Crippen LogP contribution in [0.1, 0.15) is 13.8 Å². The maximum Gasteiger partial charge on any atom is 0.329 e. The molecule has 1 aromatic rings. The van der Waals surface area contributed by atoms with Gasteiger partial charge in [-0.1, -0.05) is 23.2 Å². The fraction of sp³-hybridized carbons (Fsp3) is 0.417. The fourth-order valence-electron chi connectivity index (χ4n) is 1.69. The highest BCUT2D eigenvalue weighted by atomic mass is 35.5. The molecular formula is C12H15Cl2NO4S. The molecule has 0 unspecified atom stereocenters. The van der Waals surface area contributed by atoms with Gasteiger partial charge in [-0.2, -0.15) is 0 Å². The molecule has 0 saturated carbocycles. The van der Waals surface area contributed by atoms with E-state index in [1.54, 1.807) is 6.92 Å². The zero-order valence-electron chi connectivity index (χ0n) is 11.3. The van der Waals surface area contributed by atoms with E-state index in [0.29, 0.717) is 5.02 Å². The van der Waals surface area contributed by atoms with E-state index in [1.807, 2.05) is 0 Å². The third-order valence-electron chi connectivity index (χ3n) is 2.48. The number of esters is 1. The van der Waals surface area contributed by atoms with Crippen molar-refractivity contribution < 1.29 is 17.9 Å². The summed E-state index contributed by atoms with van der Waals surface area (Å²) in [5, 5.41) is 0.491. The summed E-state index contributed by atoms with van der Waals surface area (Å²) < 4.78 is 29.7. The molecule has 0 N–H and O–H groups in total. The summed E-state index contributed by atoms with van der Waals surface area (Å²) >= 11 is 11.9. The lowest BCUT2D eigenvalue weighted by Crippen LogP contribution is -2.44. The summed E-state index contributed by atoms with van der Waals surface area (Å²) in [6, 6.07) is 3.35. The summed E-state index contributed by atoms with van der Waals surface area (Å²) in [5.41, 5.74) is 0.141. The van der Waals surface area contributed by atoms with E-state index in [2.05, 4.69) is 0 Å². The molecule has 1 rings (SSSR count). The number of carbonyl (C=O) groups excluding carboxylic acids is 1. The average Bonchev–Trinajstić information content (AvgIpc) is 2.32. The Morgan fingerprint density at radius 2 is 2.00 bits per heavy atom. The van der Waals surface area contributed by atoms with Crippen LogP contribution in [0.5, 0.6) is 0 Å². The molecular weight excluding hydrogens is 325 g/mol. The first-order valence-corrected chi connectivity index (χ1v) is 8.40. The number of rotatable bonds is 5. The van der Waals surface area contributed by atoms with Crippen molar-refractivity contribution in [3.63, 3.8) is 0 Å². The molecule has 0 amide bonds. The molecule has 0 aromatic heterocycles. The van der Waals surface area contributed by atoms with Gasteiger partial charge < -0.3 is 4.74 Å². The standard InChI is InChI=1S/C12H15Cl2NO4S/c1-4-19-12(16)8(2)15(20(3,17)18)11-7-9(13)5-6-10(11)14/h5-8H,4H2,1-3H3/t8-/m0/s1. The molecule has 1 aromatic carbocycles. The van der Waals surface area contributed by atoms with Crippen molar-refractivity contribution in [1.82, 2.24) is 0 Å². The third-order valence-corrected chi connectivity index (χ3v) is 4.26. The minimum Gasteiger partial charge on any atom is -0.464 e. The van der Waals surface area contributed by atoms with Crippen LogP contribution in [0.4, 0.5) is 5.69 Å². The number of benzene rings is 1. The predicted molar refractivity (Wildman–Crippen MR) is 79.9 cm³/mol. The van der Waals surface area contributed by atoms with Gasteiger partial charge in [-0.05, 0) is 32.0 Å². The molecule has 8 heteroatoms. The summed E-state index contributed by atoms with van der Waals surface area (Å²) in [6.45, 7) is 3.22. The summed E-state index contributed by atoms with van der Waals surface area (Å²) in [6.07, 6.45) is 0.986. The lowest BCUT2D eigenvalue weighted by atomic mass is 10.2. The van der Waals surface area contributed by atoms with Crippen LogP contribution in [0, 0.1) is 0 Å². The number of sulfonamides is 1. The second-order valence-electron chi connectivity index (χ2n) is 4.08. The van der Waals surface area contributed by atoms with Gasteiger partial charge in [-0.3, -0.25) is 4.31 Å². The van der Waals surface area contributed by atoms with E-state index in [-0.39, 0.29) is 17.3 Å². The molecule has 0 spiro atoms. The second-order valence-corrected chi connectivity index (χ2v) is 6.79. The minimum atomic E-state index is -3.73. The zero-order chi connectivity index (χ0) is 15.5. The Labute approximate surface area is 128 Å². The smallest absolute Gasteiger partial charge is 0.329 e. The first kappa shape index (κ1) is 17.1. The molecule has 0 radical (unpaired) electrons. The second kappa shape index (κ2) is 6.65. The summed E-state index contributed by atoms with van der Waals surface area (Å²) in [5.74, 6) is -0.658. The minimum absolute atomic E-state index is 0.141. The van der Waals surface area contributed by atoms with Crippen LogP contribution < -0.4 is 4.31 Å². The van der Waals surface area contributed by atoms with Crippen molar-refractivity contribution >= 4 is 44.9 Å². The van der Waals surface area contributed by atoms with E-state index in [9.17, 15) is 13.2 Å². The summed E-state index contributed by atoms with van der Waals surface area (Å²) in [4.78, 5) is 11.8. The number of anilines is 1. The maximum atomic E-state index is 12.0. The van der Waals surface area contributed by atoms with Crippen LogP contribution >= 0.6 is 23.2 Å². The van der Waals surface area contributed by atoms with Crippen LogP contribution in [0.15, 0.2) is 18.2 Å². The molecule has 0 saturated heterocycles. The molecule has 1 atom stereocenters. The summed E-state index contributed by atoms with van der Waals surface area (Å²) in [7, 11) is -3.73. The largest absolute Gasteiger partial charge is 0.464 e. The van der Waals surface area contributed by atoms with E-state index in [4.69, 9.17) is 27.9 Å². The van der Waals surface area contributed by atoms with Gasteiger partial charge in [0.05, 0.1) is 23.6 Å². The van der Waals surface area contributed by atoms with Crippen LogP contribution in [0.3, 0.4) is 0 Å². The fourth-order valence-corrected chi connectivity index (χ4v) is 3.28. The topological polar surface area (TPSA) is 63.7 Å². The van der Waals surface area contributed by atoms with E-state index < -0.39 is 22.0 Å². The van der Waals surface area contributed by atoms with Gasteiger partial charge in [0, 0.05) is 5.02 Å². The SMILES string of the molecule is CCOC(=O)[C@H](C)N(c1cc(Cl)ccc1Cl)S(C)(=O)=O. The van der Waals surface area contributed by atoms with E-state index in [0.717, 1.165) is 10.6 Å². The van der Waals surface area contributed by atoms with Gasteiger partial charge >= 0.3 is 5.97 Å². The van der Waals surface area contributed by atoms with Gasteiger partial charge in [0.25, 0.3) is 0 Å². The Morgan fingerprint density at radius 3 is 2.50 bits per heavy atom. The average molecular weight is 340 g/mol.